The quantitative estimate of drug-likeness (QED) is 0.477. The van der Waals surface area contributed by atoms with Crippen molar-refractivity contribution in [2.45, 2.75) is 6.42 Å². The molecule has 1 heterocycles. The lowest BCUT2D eigenvalue weighted by Gasteiger charge is -2.19. The van der Waals surface area contributed by atoms with Crippen LogP contribution in [-0.4, -0.2) is 43.0 Å². The van der Waals surface area contributed by atoms with E-state index in [0.717, 1.165) is 23.9 Å². The Bertz CT molecular complexity index is 1050. The molecule has 0 radical (unpaired) electrons. The zero-order valence-corrected chi connectivity index (χ0v) is 17.6. The summed E-state index contributed by atoms with van der Waals surface area (Å²) < 4.78 is 28.0. The minimum atomic E-state index is -0.741. The Hall–Kier alpha value is -2.35. The first-order valence-corrected chi connectivity index (χ1v) is 10.2. The molecule has 0 fully saturated rings. The van der Waals surface area contributed by atoms with Crippen LogP contribution in [0.1, 0.15) is 12.0 Å². The van der Waals surface area contributed by atoms with Gasteiger partial charge in [-0.3, -0.25) is 9.69 Å². The third-order valence-corrected chi connectivity index (χ3v) is 5.57. The van der Waals surface area contributed by atoms with Crippen LogP contribution in [-0.2, 0) is 4.79 Å². The largest absolute Gasteiger partial charge is 0.309 e. The topological polar surface area (TPSA) is 36.4 Å². The summed E-state index contributed by atoms with van der Waals surface area (Å²) in [4.78, 5) is 20.7. The fraction of sp³-hybridized carbons (Fsp3) is 0.238. The van der Waals surface area contributed by atoms with Crippen molar-refractivity contribution in [2.75, 3.05) is 32.1 Å². The molecule has 1 amide bonds. The molecule has 0 N–H and O–H groups in total. The summed E-state index contributed by atoms with van der Waals surface area (Å²) in [5.74, 6) is -1.72. The minimum Gasteiger partial charge on any atom is -0.309 e. The van der Waals surface area contributed by atoms with E-state index in [0.29, 0.717) is 33.4 Å². The smallest absolute Gasteiger partial charge is 0.252 e. The van der Waals surface area contributed by atoms with Crippen LogP contribution in [0.2, 0.25) is 5.02 Å². The summed E-state index contributed by atoms with van der Waals surface area (Å²) in [6.45, 7) is 1.17. The number of nitrogens with zero attached hydrogens (tertiary/aromatic N) is 3. The first-order valence-electron chi connectivity index (χ1n) is 8.99. The molecule has 3 aromatic rings. The van der Waals surface area contributed by atoms with Crippen LogP contribution in [0, 0.1) is 11.6 Å². The molecule has 0 bridgehead atoms. The molecule has 29 heavy (non-hydrogen) atoms. The van der Waals surface area contributed by atoms with Crippen LogP contribution >= 0.6 is 22.9 Å². The van der Waals surface area contributed by atoms with E-state index >= 15 is 0 Å². The standard InChI is InChI=1S/C21H20ClF2N3OS/c1-26(2)10-5-11-27(19(28)9-8-14-6-3-4-7-16(14)22)21-25-20-17(24)12-15(23)13-18(20)29-21/h3-4,6-9,12-13H,5,10-11H2,1-2H3/b9-8+. The molecule has 0 atom stereocenters. The predicted octanol–water partition coefficient (Wildman–Crippen LogP) is 5.23. The SMILES string of the molecule is CN(C)CCCN(C(=O)/C=C/c1ccccc1Cl)c1nc2c(F)cc(F)cc2s1. The van der Waals surface area contributed by atoms with Crippen molar-refractivity contribution in [2.24, 2.45) is 0 Å². The third kappa shape index (κ3) is 5.38. The zero-order valence-electron chi connectivity index (χ0n) is 16.0. The van der Waals surface area contributed by atoms with Crippen molar-refractivity contribution in [1.29, 1.82) is 0 Å². The molecule has 8 heteroatoms. The number of hydrogen-bond donors (Lipinski definition) is 0. The molecule has 2 aromatic carbocycles. The van der Waals surface area contributed by atoms with Crippen molar-refractivity contribution in [3.05, 3.63) is 64.7 Å². The Balaban J connectivity index is 1.90. The number of aromatic nitrogens is 1. The van der Waals surface area contributed by atoms with Crippen molar-refractivity contribution in [3.63, 3.8) is 0 Å². The number of fused-ring (bicyclic) bond motifs is 1. The minimum absolute atomic E-state index is 0.0619. The molecule has 0 aliphatic carbocycles. The summed E-state index contributed by atoms with van der Waals surface area (Å²) in [6, 6.07) is 9.20. The lowest BCUT2D eigenvalue weighted by Crippen LogP contribution is -2.32. The van der Waals surface area contributed by atoms with Gasteiger partial charge in [-0.15, -0.1) is 0 Å². The van der Waals surface area contributed by atoms with Crippen LogP contribution < -0.4 is 4.90 Å². The van der Waals surface area contributed by atoms with Gasteiger partial charge < -0.3 is 4.90 Å². The van der Waals surface area contributed by atoms with E-state index in [1.807, 2.05) is 31.1 Å². The van der Waals surface area contributed by atoms with Crippen molar-refractivity contribution < 1.29 is 13.6 Å². The molecule has 3 rings (SSSR count). The fourth-order valence-electron chi connectivity index (χ4n) is 2.77. The Morgan fingerprint density at radius 3 is 2.69 bits per heavy atom. The van der Waals surface area contributed by atoms with E-state index in [9.17, 15) is 13.6 Å². The molecule has 4 nitrogen and oxygen atoms in total. The lowest BCUT2D eigenvalue weighted by atomic mass is 10.2. The predicted molar refractivity (Wildman–Crippen MR) is 116 cm³/mol. The van der Waals surface area contributed by atoms with Gasteiger partial charge in [-0.1, -0.05) is 41.1 Å². The van der Waals surface area contributed by atoms with E-state index in [-0.39, 0.29) is 11.4 Å². The zero-order chi connectivity index (χ0) is 21.0. The van der Waals surface area contributed by atoms with Gasteiger partial charge in [0.15, 0.2) is 10.9 Å². The summed E-state index contributed by atoms with van der Waals surface area (Å²) in [7, 11) is 3.89. The molecule has 0 spiro atoms. The molecule has 0 aliphatic rings. The third-order valence-electron chi connectivity index (χ3n) is 4.20. The Labute approximate surface area is 177 Å². The van der Waals surface area contributed by atoms with E-state index < -0.39 is 11.6 Å². The van der Waals surface area contributed by atoms with Gasteiger partial charge in [0.1, 0.15) is 11.3 Å². The first-order chi connectivity index (χ1) is 13.8. The highest BCUT2D eigenvalue weighted by Gasteiger charge is 2.19. The summed E-state index contributed by atoms with van der Waals surface area (Å²) in [5, 5.41) is 0.866. The Kier molecular flexibility index (Phi) is 6.95. The van der Waals surface area contributed by atoms with Gasteiger partial charge in [0.25, 0.3) is 5.91 Å². The maximum atomic E-state index is 14.1. The fourth-order valence-corrected chi connectivity index (χ4v) is 4.00. The normalized spacial score (nSPS) is 11.7. The Morgan fingerprint density at radius 1 is 1.21 bits per heavy atom. The number of carbonyl (C=O) groups excluding carboxylic acids is 1. The van der Waals surface area contributed by atoms with Gasteiger partial charge in [-0.2, -0.15) is 0 Å². The highest BCUT2D eigenvalue weighted by Crippen LogP contribution is 2.31. The summed E-state index contributed by atoms with van der Waals surface area (Å²) >= 11 is 7.23. The van der Waals surface area contributed by atoms with Gasteiger partial charge in [0.2, 0.25) is 0 Å². The number of thiazole rings is 1. The van der Waals surface area contributed by atoms with Crippen LogP contribution in [0.4, 0.5) is 13.9 Å². The Morgan fingerprint density at radius 2 is 1.97 bits per heavy atom. The van der Waals surface area contributed by atoms with Crippen LogP contribution in [0.5, 0.6) is 0 Å². The second-order valence-corrected chi connectivity index (χ2v) is 8.15. The van der Waals surface area contributed by atoms with E-state index in [4.69, 9.17) is 11.6 Å². The van der Waals surface area contributed by atoms with Crippen molar-refractivity contribution in [3.8, 4) is 0 Å². The van der Waals surface area contributed by atoms with Gasteiger partial charge in [-0.05, 0) is 50.8 Å². The van der Waals surface area contributed by atoms with Crippen molar-refractivity contribution in [1.82, 2.24) is 9.88 Å². The lowest BCUT2D eigenvalue weighted by molar-refractivity contribution is -0.114. The van der Waals surface area contributed by atoms with Crippen molar-refractivity contribution >= 4 is 50.3 Å². The molecule has 1 aromatic heterocycles. The molecule has 0 unspecified atom stereocenters. The number of amides is 1. The molecule has 152 valence electrons. The highest BCUT2D eigenvalue weighted by atomic mass is 35.5. The second-order valence-electron chi connectivity index (χ2n) is 6.73. The maximum absolute atomic E-state index is 14.1. The maximum Gasteiger partial charge on any atom is 0.252 e. The number of rotatable bonds is 7. The highest BCUT2D eigenvalue weighted by molar-refractivity contribution is 7.22. The first kappa shape index (κ1) is 21.4. The van der Waals surface area contributed by atoms with Gasteiger partial charge in [0, 0.05) is 23.7 Å². The van der Waals surface area contributed by atoms with E-state index in [1.165, 1.54) is 17.0 Å². The molecule has 0 saturated heterocycles. The van der Waals surface area contributed by atoms with Crippen LogP contribution in [0.3, 0.4) is 0 Å². The summed E-state index contributed by atoms with van der Waals surface area (Å²) in [5.41, 5.74) is 0.778. The van der Waals surface area contributed by atoms with Crippen LogP contribution in [0.15, 0.2) is 42.5 Å². The van der Waals surface area contributed by atoms with Crippen LogP contribution in [0.25, 0.3) is 16.3 Å². The monoisotopic (exact) mass is 435 g/mol. The average Bonchev–Trinajstić information content (AvgIpc) is 3.08. The van der Waals surface area contributed by atoms with Gasteiger partial charge in [0.05, 0.1) is 4.70 Å². The molecular formula is C21H20ClF2N3OS. The molecule has 0 aliphatic heterocycles. The van der Waals surface area contributed by atoms with Gasteiger partial charge >= 0.3 is 0 Å². The number of hydrogen-bond acceptors (Lipinski definition) is 4. The second kappa shape index (κ2) is 9.43. The van der Waals surface area contributed by atoms with Gasteiger partial charge in [-0.25, -0.2) is 13.8 Å². The molecule has 0 saturated carbocycles. The number of carbonyl (C=O) groups is 1. The average molecular weight is 436 g/mol. The van der Waals surface area contributed by atoms with E-state index in [1.54, 1.807) is 18.2 Å². The number of anilines is 1. The summed E-state index contributed by atoms with van der Waals surface area (Å²) in [6.07, 6.45) is 3.75. The number of halogens is 3. The van der Waals surface area contributed by atoms with E-state index in [2.05, 4.69) is 4.98 Å². The molecular weight excluding hydrogens is 416 g/mol. The number of benzene rings is 2.